The van der Waals surface area contributed by atoms with Crippen LogP contribution < -0.4 is 9.55 Å². The molecule has 1 aromatic heterocycles. The first-order chi connectivity index (χ1) is 7.43. The van der Waals surface area contributed by atoms with Crippen LogP contribution in [0.25, 0.3) is 0 Å². The minimum Gasteiger partial charge on any atom is -0.404 e. The Bertz CT molecular complexity index is 303. The van der Waals surface area contributed by atoms with Gasteiger partial charge in [0, 0.05) is 9.55 Å². The highest BCUT2D eigenvalue weighted by Crippen LogP contribution is 2.07. The molecule has 0 saturated carbocycles. The Morgan fingerprint density at radius 2 is 1.20 bits per heavy atom. The van der Waals surface area contributed by atoms with Gasteiger partial charge in [-0.15, -0.1) is 0 Å². The standard InChI is InChI=1S/C8H10B2O4S/c1-2-8(10-13-5-6-14-10)15-7(1)9-11-3-4-12-9/h1-2H,3-6H2. The molecule has 0 bridgehead atoms. The molecule has 0 spiro atoms. The van der Waals surface area contributed by atoms with Gasteiger partial charge in [-0.2, -0.15) is 11.3 Å². The summed E-state index contributed by atoms with van der Waals surface area (Å²) in [6, 6.07) is 4.03. The van der Waals surface area contributed by atoms with Crippen LogP contribution in [0, 0.1) is 0 Å². The summed E-state index contributed by atoms with van der Waals surface area (Å²) < 4.78 is 23.9. The van der Waals surface area contributed by atoms with Crippen LogP contribution in [0.4, 0.5) is 0 Å². The molecule has 7 heteroatoms. The van der Waals surface area contributed by atoms with Gasteiger partial charge in [-0.05, 0) is 0 Å². The predicted octanol–water partition coefficient (Wildman–Crippen LogP) is -0.768. The van der Waals surface area contributed by atoms with E-state index >= 15 is 0 Å². The average molecular weight is 224 g/mol. The fourth-order valence-electron chi connectivity index (χ4n) is 1.67. The quantitative estimate of drug-likeness (QED) is 0.618. The third-order valence-corrected chi connectivity index (χ3v) is 3.48. The minimum atomic E-state index is -0.190. The average Bonchev–Trinajstić information content (AvgIpc) is 3.02. The zero-order chi connectivity index (χ0) is 10.1. The molecule has 0 radical (unpaired) electrons. The second-order valence-corrected chi connectivity index (χ2v) is 4.53. The highest BCUT2D eigenvalue weighted by Gasteiger charge is 2.32. The molecular formula is C8H10B2O4S. The van der Waals surface area contributed by atoms with E-state index in [2.05, 4.69) is 0 Å². The van der Waals surface area contributed by atoms with Crippen molar-refractivity contribution in [2.24, 2.45) is 0 Å². The molecule has 0 unspecified atom stereocenters. The fraction of sp³-hybridized carbons (Fsp3) is 0.500. The van der Waals surface area contributed by atoms with Crippen molar-refractivity contribution in [2.45, 2.75) is 0 Å². The van der Waals surface area contributed by atoms with Crippen LogP contribution >= 0.6 is 11.3 Å². The maximum Gasteiger partial charge on any atom is 0.504 e. The van der Waals surface area contributed by atoms with Crippen LogP contribution in [0.1, 0.15) is 0 Å². The monoisotopic (exact) mass is 224 g/mol. The molecule has 3 rings (SSSR count). The Labute approximate surface area is 92.8 Å². The zero-order valence-electron chi connectivity index (χ0n) is 8.18. The summed E-state index contributed by atoms with van der Waals surface area (Å²) in [5, 5.41) is 0. The molecule has 1 aromatic rings. The van der Waals surface area contributed by atoms with Crippen LogP contribution in [-0.2, 0) is 18.6 Å². The molecule has 2 aliphatic rings. The summed E-state index contributed by atoms with van der Waals surface area (Å²) in [6.45, 7) is 2.70. The Kier molecular flexibility index (Phi) is 2.81. The van der Waals surface area contributed by atoms with Crippen molar-refractivity contribution in [1.29, 1.82) is 0 Å². The molecule has 15 heavy (non-hydrogen) atoms. The molecule has 2 fully saturated rings. The van der Waals surface area contributed by atoms with Crippen LogP contribution in [0.2, 0.25) is 0 Å². The molecule has 4 nitrogen and oxygen atoms in total. The maximum absolute atomic E-state index is 5.42. The topological polar surface area (TPSA) is 36.9 Å². The van der Waals surface area contributed by atoms with E-state index in [1.165, 1.54) is 0 Å². The predicted molar refractivity (Wildman–Crippen MR) is 58.9 cm³/mol. The lowest BCUT2D eigenvalue weighted by Crippen LogP contribution is -2.31. The summed E-state index contributed by atoms with van der Waals surface area (Å²) in [6.07, 6.45) is 0. The lowest BCUT2D eigenvalue weighted by molar-refractivity contribution is 0.365. The van der Waals surface area contributed by atoms with Gasteiger partial charge in [0.2, 0.25) is 0 Å². The first kappa shape index (κ1) is 9.86. The van der Waals surface area contributed by atoms with Gasteiger partial charge in [0.25, 0.3) is 0 Å². The van der Waals surface area contributed by atoms with Crippen LogP contribution in [-0.4, -0.2) is 40.7 Å². The highest BCUT2D eigenvalue weighted by molar-refractivity contribution is 7.30. The number of rotatable bonds is 2. The summed E-state index contributed by atoms with van der Waals surface area (Å²) >= 11 is 1.63. The molecule has 0 amide bonds. The van der Waals surface area contributed by atoms with E-state index in [1.54, 1.807) is 11.3 Å². The molecule has 0 atom stereocenters. The molecular weight excluding hydrogens is 214 g/mol. The summed E-state index contributed by atoms with van der Waals surface area (Å²) in [4.78, 5) is 0. The van der Waals surface area contributed by atoms with Gasteiger partial charge < -0.3 is 18.6 Å². The van der Waals surface area contributed by atoms with Gasteiger partial charge in [-0.3, -0.25) is 0 Å². The molecule has 0 N–H and O–H groups in total. The van der Waals surface area contributed by atoms with Crippen molar-refractivity contribution in [3.05, 3.63) is 12.1 Å². The van der Waals surface area contributed by atoms with Crippen molar-refractivity contribution in [1.82, 2.24) is 0 Å². The fourth-order valence-corrected chi connectivity index (χ4v) is 2.68. The molecule has 78 valence electrons. The highest BCUT2D eigenvalue weighted by atomic mass is 32.1. The second kappa shape index (κ2) is 4.27. The number of hydrogen-bond donors (Lipinski definition) is 0. The lowest BCUT2D eigenvalue weighted by atomic mass is 9.86. The van der Waals surface area contributed by atoms with Gasteiger partial charge in [0.15, 0.2) is 0 Å². The van der Waals surface area contributed by atoms with E-state index in [1.807, 2.05) is 12.1 Å². The summed E-state index contributed by atoms with van der Waals surface area (Å²) in [5.74, 6) is 0. The number of thiophene rings is 1. The molecule has 0 aliphatic carbocycles. The van der Waals surface area contributed by atoms with Crippen molar-refractivity contribution in [3.63, 3.8) is 0 Å². The van der Waals surface area contributed by atoms with E-state index in [9.17, 15) is 0 Å². The zero-order valence-corrected chi connectivity index (χ0v) is 9.00. The van der Waals surface area contributed by atoms with Crippen molar-refractivity contribution >= 4 is 35.1 Å². The van der Waals surface area contributed by atoms with Crippen LogP contribution in [0.15, 0.2) is 12.1 Å². The van der Waals surface area contributed by atoms with Gasteiger partial charge >= 0.3 is 14.2 Å². The van der Waals surface area contributed by atoms with Crippen molar-refractivity contribution < 1.29 is 18.6 Å². The summed E-state index contributed by atoms with van der Waals surface area (Å²) in [7, 11) is -0.379. The molecule has 3 heterocycles. The van der Waals surface area contributed by atoms with Crippen LogP contribution in [0.5, 0.6) is 0 Å². The lowest BCUT2D eigenvalue weighted by Gasteiger charge is -2.00. The normalized spacial score (nSPS) is 21.6. The van der Waals surface area contributed by atoms with Gasteiger partial charge in [-0.25, -0.2) is 0 Å². The van der Waals surface area contributed by atoms with Crippen molar-refractivity contribution in [3.8, 4) is 0 Å². The third kappa shape index (κ3) is 1.98. The first-order valence-corrected chi connectivity index (χ1v) is 5.81. The first-order valence-electron chi connectivity index (χ1n) is 4.99. The van der Waals surface area contributed by atoms with E-state index in [0.717, 1.165) is 9.55 Å². The SMILES string of the molecule is c1cc(B2OCCO2)sc1B1OCCO1. The van der Waals surface area contributed by atoms with Crippen molar-refractivity contribution in [2.75, 3.05) is 26.4 Å². The molecule has 2 saturated heterocycles. The van der Waals surface area contributed by atoms with Gasteiger partial charge in [0.05, 0.1) is 26.4 Å². The van der Waals surface area contributed by atoms with E-state index in [-0.39, 0.29) is 14.2 Å². The maximum atomic E-state index is 5.42. The van der Waals surface area contributed by atoms with Gasteiger partial charge in [0.1, 0.15) is 0 Å². The van der Waals surface area contributed by atoms with Crippen LogP contribution in [0.3, 0.4) is 0 Å². The summed E-state index contributed by atoms with van der Waals surface area (Å²) in [5.41, 5.74) is 0. The minimum absolute atomic E-state index is 0.190. The Morgan fingerprint density at radius 1 is 0.800 bits per heavy atom. The van der Waals surface area contributed by atoms with E-state index in [0.29, 0.717) is 26.4 Å². The van der Waals surface area contributed by atoms with E-state index < -0.39 is 0 Å². The molecule has 2 aliphatic heterocycles. The largest absolute Gasteiger partial charge is 0.504 e. The third-order valence-electron chi connectivity index (χ3n) is 2.36. The molecule has 0 aromatic carbocycles. The Balaban J connectivity index is 1.74. The second-order valence-electron chi connectivity index (χ2n) is 3.39. The smallest absolute Gasteiger partial charge is 0.404 e. The number of hydrogen-bond acceptors (Lipinski definition) is 5. The Hall–Kier alpha value is -0.330. The van der Waals surface area contributed by atoms with Gasteiger partial charge in [-0.1, -0.05) is 12.1 Å². The van der Waals surface area contributed by atoms with E-state index in [4.69, 9.17) is 18.6 Å². The Morgan fingerprint density at radius 3 is 1.60 bits per heavy atom.